The SMILES string of the molecule is CN(NC(=O)CNC(=O)c1ccc(Br)o1)c1ccccc1. The summed E-state index contributed by atoms with van der Waals surface area (Å²) in [6.45, 7) is -0.145. The number of para-hydroxylation sites is 1. The lowest BCUT2D eigenvalue weighted by molar-refractivity contribution is -0.120. The number of furan rings is 1. The number of hydrogen-bond acceptors (Lipinski definition) is 4. The molecule has 1 aromatic carbocycles. The van der Waals surface area contributed by atoms with Gasteiger partial charge in [0, 0.05) is 7.05 Å². The molecule has 6 nitrogen and oxygen atoms in total. The van der Waals surface area contributed by atoms with E-state index in [4.69, 9.17) is 4.42 Å². The molecule has 21 heavy (non-hydrogen) atoms. The second-order valence-electron chi connectivity index (χ2n) is 4.22. The summed E-state index contributed by atoms with van der Waals surface area (Å²) in [5.41, 5.74) is 3.49. The summed E-state index contributed by atoms with van der Waals surface area (Å²) in [4.78, 5) is 23.5. The predicted molar refractivity (Wildman–Crippen MR) is 81.7 cm³/mol. The molecule has 0 radical (unpaired) electrons. The third kappa shape index (κ3) is 4.35. The molecule has 0 atom stereocenters. The molecule has 2 amide bonds. The van der Waals surface area contributed by atoms with Gasteiger partial charge in [-0.2, -0.15) is 0 Å². The summed E-state index contributed by atoms with van der Waals surface area (Å²) in [6.07, 6.45) is 0. The average molecular weight is 352 g/mol. The monoisotopic (exact) mass is 351 g/mol. The highest BCUT2D eigenvalue weighted by Crippen LogP contribution is 2.13. The number of amides is 2. The Morgan fingerprint density at radius 2 is 1.90 bits per heavy atom. The van der Waals surface area contributed by atoms with Crippen molar-refractivity contribution < 1.29 is 14.0 Å². The number of nitrogens with zero attached hydrogens (tertiary/aromatic N) is 1. The lowest BCUT2D eigenvalue weighted by Gasteiger charge is -2.20. The molecule has 0 unspecified atom stereocenters. The number of carbonyl (C=O) groups excluding carboxylic acids is 2. The molecule has 2 N–H and O–H groups in total. The van der Waals surface area contributed by atoms with Crippen LogP contribution in [0.5, 0.6) is 0 Å². The van der Waals surface area contributed by atoms with E-state index in [2.05, 4.69) is 26.7 Å². The Morgan fingerprint density at radius 3 is 2.52 bits per heavy atom. The van der Waals surface area contributed by atoms with E-state index in [-0.39, 0.29) is 18.2 Å². The van der Waals surface area contributed by atoms with Crippen molar-refractivity contribution in [3.8, 4) is 0 Å². The van der Waals surface area contributed by atoms with Crippen molar-refractivity contribution in [2.24, 2.45) is 0 Å². The van der Waals surface area contributed by atoms with E-state index in [9.17, 15) is 9.59 Å². The fourth-order valence-corrected chi connectivity index (χ4v) is 1.93. The molecule has 0 saturated carbocycles. The minimum absolute atomic E-state index is 0.145. The van der Waals surface area contributed by atoms with Gasteiger partial charge in [0.2, 0.25) is 0 Å². The normalized spacial score (nSPS) is 10.0. The number of rotatable bonds is 5. The van der Waals surface area contributed by atoms with Crippen LogP contribution in [0.2, 0.25) is 0 Å². The third-order valence-electron chi connectivity index (χ3n) is 2.64. The van der Waals surface area contributed by atoms with E-state index in [1.54, 1.807) is 18.1 Å². The molecular weight excluding hydrogens is 338 g/mol. The Kier molecular flexibility index (Phi) is 4.99. The standard InChI is InChI=1S/C14H14BrN3O3/c1-18(10-5-3-2-4-6-10)17-13(19)9-16-14(20)11-7-8-12(15)21-11/h2-8H,9H2,1H3,(H,16,20)(H,17,19). The van der Waals surface area contributed by atoms with Gasteiger partial charge in [0.05, 0.1) is 12.2 Å². The van der Waals surface area contributed by atoms with E-state index < -0.39 is 5.91 Å². The molecule has 7 heteroatoms. The number of anilines is 1. The van der Waals surface area contributed by atoms with E-state index in [1.165, 1.54) is 6.07 Å². The molecular formula is C14H14BrN3O3. The van der Waals surface area contributed by atoms with Crippen LogP contribution >= 0.6 is 15.9 Å². The van der Waals surface area contributed by atoms with Gasteiger partial charge in [-0.25, -0.2) is 0 Å². The zero-order valence-corrected chi connectivity index (χ0v) is 12.9. The van der Waals surface area contributed by atoms with Crippen LogP contribution in [0.1, 0.15) is 10.6 Å². The molecule has 0 aliphatic heterocycles. The van der Waals surface area contributed by atoms with Crippen molar-refractivity contribution in [1.29, 1.82) is 0 Å². The van der Waals surface area contributed by atoms with Gasteiger partial charge in [-0.15, -0.1) is 0 Å². The Bertz CT molecular complexity index is 627. The highest BCUT2D eigenvalue weighted by molar-refractivity contribution is 9.10. The first-order chi connectivity index (χ1) is 10.1. The number of benzene rings is 1. The van der Waals surface area contributed by atoms with Gasteiger partial charge in [-0.05, 0) is 40.2 Å². The smallest absolute Gasteiger partial charge is 0.287 e. The van der Waals surface area contributed by atoms with Crippen LogP contribution < -0.4 is 15.8 Å². The first-order valence-electron chi connectivity index (χ1n) is 6.18. The first kappa shape index (κ1) is 15.1. The second kappa shape index (κ2) is 6.94. The predicted octanol–water partition coefficient (Wildman–Crippen LogP) is 1.94. The fraction of sp³-hybridized carbons (Fsp3) is 0.143. The van der Waals surface area contributed by atoms with Crippen LogP contribution in [0, 0.1) is 0 Å². The number of hydrogen-bond donors (Lipinski definition) is 2. The largest absolute Gasteiger partial charge is 0.444 e. The zero-order valence-electron chi connectivity index (χ0n) is 11.3. The van der Waals surface area contributed by atoms with Crippen molar-refractivity contribution in [2.75, 3.05) is 18.6 Å². The van der Waals surface area contributed by atoms with Crippen LogP contribution in [0.3, 0.4) is 0 Å². The van der Waals surface area contributed by atoms with Crippen molar-refractivity contribution in [3.05, 3.63) is 52.9 Å². The molecule has 0 fully saturated rings. The number of hydrazine groups is 1. The van der Waals surface area contributed by atoms with Crippen molar-refractivity contribution >= 4 is 33.4 Å². The van der Waals surface area contributed by atoms with Crippen LogP contribution in [-0.2, 0) is 4.79 Å². The van der Waals surface area contributed by atoms with Gasteiger partial charge in [0.25, 0.3) is 11.8 Å². The van der Waals surface area contributed by atoms with E-state index in [1.807, 2.05) is 30.3 Å². The average Bonchev–Trinajstić information content (AvgIpc) is 2.92. The van der Waals surface area contributed by atoms with Gasteiger partial charge < -0.3 is 9.73 Å². The highest BCUT2D eigenvalue weighted by atomic mass is 79.9. The maximum Gasteiger partial charge on any atom is 0.287 e. The van der Waals surface area contributed by atoms with Gasteiger partial charge in [0.1, 0.15) is 0 Å². The Hall–Kier alpha value is -2.28. The maximum atomic E-state index is 11.8. The molecule has 0 aliphatic rings. The molecule has 0 bridgehead atoms. The van der Waals surface area contributed by atoms with E-state index >= 15 is 0 Å². The van der Waals surface area contributed by atoms with E-state index in [0.29, 0.717) is 4.67 Å². The Morgan fingerprint density at radius 1 is 1.19 bits per heavy atom. The minimum Gasteiger partial charge on any atom is -0.444 e. The Labute approximate surface area is 130 Å². The topological polar surface area (TPSA) is 74.6 Å². The van der Waals surface area contributed by atoms with Crippen LogP contribution in [0.25, 0.3) is 0 Å². The summed E-state index contributed by atoms with van der Waals surface area (Å²) in [5, 5.41) is 4.06. The maximum absolute atomic E-state index is 11.8. The molecule has 1 aromatic heterocycles. The van der Waals surface area contributed by atoms with Crippen LogP contribution in [-0.4, -0.2) is 25.4 Å². The van der Waals surface area contributed by atoms with Gasteiger partial charge in [-0.1, -0.05) is 18.2 Å². The molecule has 110 valence electrons. The zero-order chi connectivity index (χ0) is 15.2. The molecule has 0 spiro atoms. The van der Waals surface area contributed by atoms with Gasteiger partial charge >= 0.3 is 0 Å². The van der Waals surface area contributed by atoms with Gasteiger partial charge in [0.15, 0.2) is 10.4 Å². The van der Waals surface area contributed by atoms with Crippen LogP contribution in [0.4, 0.5) is 5.69 Å². The molecule has 2 rings (SSSR count). The quantitative estimate of drug-likeness (QED) is 0.807. The summed E-state index contributed by atoms with van der Waals surface area (Å²) >= 11 is 3.11. The summed E-state index contributed by atoms with van der Waals surface area (Å²) < 4.78 is 5.55. The first-order valence-corrected chi connectivity index (χ1v) is 6.97. The molecule has 1 heterocycles. The number of halogens is 1. The number of carbonyl (C=O) groups is 2. The minimum atomic E-state index is -0.446. The lowest BCUT2D eigenvalue weighted by Crippen LogP contribution is -2.45. The second-order valence-corrected chi connectivity index (χ2v) is 5.00. The third-order valence-corrected chi connectivity index (χ3v) is 3.07. The summed E-state index contributed by atoms with van der Waals surface area (Å²) in [7, 11) is 1.72. The van der Waals surface area contributed by atoms with E-state index in [0.717, 1.165) is 5.69 Å². The molecule has 2 aromatic rings. The highest BCUT2D eigenvalue weighted by Gasteiger charge is 2.12. The van der Waals surface area contributed by atoms with Crippen molar-refractivity contribution in [3.63, 3.8) is 0 Å². The van der Waals surface area contributed by atoms with Crippen molar-refractivity contribution in [2.45, 2.75) is 0 Å². The summed E-state index contributed by atoms with van der Waals surface area (Å²) in [5.74, 6) is -0.635. The fourth-order valence-electron chi connectivity index (χ4n) is 1.63. The molecule has 0 aliphatic carbocycles. The van der Waals surface area contributed by atoms with Gasteiger partial charge in [-0.3, -0.25) is 20.0 Å². The summed E-state index contributed by atoms with van der Waals surface area (Å²) in [6, 6.07) is 12.5. The Balaban J connectivity index is 1.81. The molecule has 0 saturated heterocycles. The van der Waals surface area contributed by atoms with Crippen molar-refractivity contribution in [1.82, 2.24) is 10.7 Å². The lowest BCUT2D eigenvalue weighted by atomic mass is 10.3. The number of nitrogens with one attached hydrogen (secondary N) is 2. The van der Waals surface area contributed by atoms with Crippen LogP contribution in [0.15, 0.2) is 51.6 Å².